The number of carbonyl (C=O) groups excluding carboxylic acids is 1. The number of nitrogens with one attached hydrogen (secondary N) is 1. The Kier molecular flexibility index (Phi) is 4.20. The molecule has 23 heavy (non-hydrogen) atoms. The van der Waals surface area contributed by atoms with E-state index in [2.05, 4.69) is 55.2 Å². The molecule has 0 saturated carbocycles. The van der Waals surface area contributed by atoms with Crippen molar-refractivity contribution in [2.45, 2.75) is 26.8 Å². The van der Waals surface area contributed by atoms with Gasteiger partial charge in [-0.3, -0.25) is 4.79 Å². The molecule has 0 fully saturated rings. The van der Waals surface area contributed by atoms with E-state index in [4.69, 9.17) is 0 Å². The van der Waals surface area contributed by atoms with Crippen LogP contribution in [-0.2, 0) is 17.8 Å². The number of amides is 1. The van der Waals surface area contributed by atoms with Crippen LogP contribution >= 0.6 is 0 Å². The molecule has 2 aromatic carbocycles. The molecule has 0 bridgehead atoms. The summed E-state index contributed by atoms with van der Waals surface area (Å²) < 4.78 is 0. The number of nitrogens with zero attached hydrogens (tertiary/aromatic N) is 1. The number of hydrogen-bond donors (Lipinski definition) is 1. The molecule has 0 aliphatic rings. The average Bonchev–Trinajstić information content (AvgIpc) is 2.89. The number of hydrogen-bond acceptors (Lipinski definition) is 1. The largest absolute Gasteiger partial charge is 0.361 e. The first-order chi connectivity index (χ1) is 11.0. The van der Waals surface area contributed by atoms with Crippen molar-refractivity contribution < 1.29 is 4.79 Å². The minimum absolute atomic E-state index is 0.133. The Labute approximate surface area is 136 Å². The quantitative estimate of drug-likeness (QED) is 0.777. The van der Waals surface area contributed by atoms with Gasteiger partial charge in [-0.2, -0.15) is 0 Å². The molecule has 0 aliphatic carbocycles. The van der Waals surface area contributed by atoms with Gasteiger partial charge in [0.1, 0.15) is 0 Å². The van der Waals surface area contributed by atoms with E-state index in [9.17, 15) is 4.79 Å². The molecule has 0 radical (unpaired) electrons. The third kappa shape index (κ3) is 3.45. The molecule has 1 N–H and O–H groups in total. The first-order valence-corrected chi connectivity index (χ1v) is 7.89. The van der Waals surface area contributed by atoms with E-state index in [0.717, 1.165) is 22.0 Å². The highest BCUT2D eigenvalue weighted by Crippen LogP contribution is 2.20. The van der Waals surface area contributed by atoms with E-state index in [1.54, 1.807) is 4.90 Å². The SMILES string of the molecule is Cc1cccc(CN(C)C(=O)Cc2c[nH]c3ccc(C)cc23)c1. The van der Waals surface area contributed by atoms with E-state index < -0.39 is 0 Å². The van der Waals surface area contributed by atoms with Gasteiger partial charge in [-0.25, -0.2) is 0 Å². The van der Waals surface area contributed by atoms with E-state index in [-0.39, 0.29) is 5.91 Å². The van der Waals surface area contributed by atoms with Crippen molar-refractivity contribution in [3.8, 4) is 0 Å². The zero-order chi connectivity index (χ0) is 16.4. The van der Waals surface area contributed by atoms with Gasteiger partial charge in [-0.1, -0.05) is 41.5 Å². The van der Waals surface area contributed by atoms with Crippen LogP contribution in [0.5, 0.6) is 0 Å². The lowest BCUT2D eigenvalue weighted by atomic mass is 10.1. The predicted octanol–water partition coefficient (Wildman–Crippen LogP) is 3.99. The van der Waals surface area contributed by atoms with Crippen molar-refractivity contribution in [3.63, 3.8) is 0 Å². The highest BCUT2D eigenvalue weighted by Gasteiger charge is 2.13. The van der Waals surface area contributed by atoms with Crippen molar-refractivity contribution in [1.29, 1.82) is 0 Å². The van der Waals surface area contributed by atoms with E-state index in [1.165, 1.54) is 11.1 Å². The fraction of sp³-hybridized carbons (Fsp3) is 0.250. The first-order valence-electron chi connectivity index (χ1n) is 7.89. The van der Waals surface area contributed by atoms with Gasteiger partial charge in [0.15, 0.2) is 0 Å². The van der Waals surface area contributed by atoms with Crippen molar-refractivity contribution >= 4 is 16.8 Å². The van der Waals surface area contributed by atoms with Gasteiger partial charge >= 0.3 is 0 Å². The normalized spacial score (nSPS) is 10.9. The molecule has 1 aromatic heterocycles. The summed E-state index contributed by atoms with van der Waals surface area (Å²) in [6.07, 6.45) is 2.37. The molecule has 3 nitrogen and oxygen atoms in total. The monoisotopic (exact) mass is 306 g/mol. The lowest BCUT2D eigenvalue weighted by Gasteiger charge is -2.17. The number of carbonyl (C=O) groups is 1. The van der Waals surface area contributed by atoms with E-state index >= 15 is 0 Å². The molecule has 0 saturated heterocycles. The molecule has 1 heterocycles. The van der Waals surface area contributed by atoms with Crippen LogP contribution in [0.4, 0.5) is 0 Å². The summed E-state index contributed by atoms with van der Waals surface area (Å²) in [5, 5.41) is 1.14. The van der Waals surface area contributed by atoms with E-state index in [1.807, 2.05) is 19.3 Å². The van der Waals surface area contributed by atoms with Crippen molar-refractivity contribution in [2.75, 3.05) is 7.05 Å². The van der Waals surface area contributed by atoms with Crippen LogP contribution in [-0.4, -0.2) is 22.8 Å². The number of fused-ring (bicyclic) bond motifs is 1. The summed E-state index contributed by atoms with van der Waals surface area (Å²) in [6, 6.07) is 14.6. The Balaban J connectivity index is 1.73. The summed E-state index contributed by atoms with van der Waals surface area (Å²) >= 11 is 0. The number of rotatable bonds is 4. The Morgan fingerprint density at radius 1 is 1.09 bits per heavy atom. The van der Waals surface area contributed by atoms with Crippen LogP contribution in [0.15, 0.2) is 48.7 Å². The molecule has 118 valence electrons. The Morgan fingerprint density at radius 3 is 2.65 bits per heavy atom. The lowest BCUT2D eigenvalue weighted by molar-refractivity contribution is -0.129. The van der Waals surface area contributed by atoms with Crippen LogP contribution < -0.4 is 0 Å². The van der Waals surface area contributed by atoms with Crippen LogP contribution in [0, 0.1) is 13.8 Å². The van der Waals surface area contributed by atoms with Crippen LogP contribution in [0.3, 0.4) is 0 Å². The van der Waals surface area contributed by atoms with Gasteiger partial charge in [-0.15, -0.1) is 0 Å². The molecule has 3 aromatic rings. The predicted molar refractivity (Wildman–Crippen MR) is 94.4 cm³/mol. The highest BCUT2D eigenvalue weighted by atomic mass is 16.2. The molecule has 0 spiro atoms. The summed E-state index contributed by atoms with van der Waals surface area (Å²) in [5.41, 5.74) is 5.73. The minimum atomic E-state index is 0.133. The zero-order valence-electron chi connectivity index (χ0n) is 13.9. The van der Waals surface area contributed by atoms with Gasteiger partial charge in [0.25, 0.3) is 0 Å². The van der Waals surface area contributed by atoms with Crippen molar-refractivity contribution in [3.05, 3.63) is 70.9 Å². The van der Waals surface area contributed by atoms with E-state index in [0.29, 0.717) is 13.0 Å². The van der Waals surface area contributed by atoms with Crippen LogP contribution in [0.25, 0.3) is 10.9 Å². The zero-order valence-corrected chi connectivity index (χ0v) is 13.9. The van der Waals surface area contributed by atoms with Gasteiger partial charge in [-0.05, 0) is 37.1 Å². The Hall–Kier alpha value is -2.55. The van der Waals surface area contributed by atoms with Crippen LogP contribution in [0.2, 0.25) is 0 Å². The fourth-order valence-electron chi connectivity index (χ4n) is 2.91. The molecule has 0 aliphatic heterocycles. The molecule has 3 heteroatoms. The number of likely N-dealkylation sites (N-methyl/N-ethyl adjacent to an activating group) is 1. The summed E-state index contributed by atoms with van der Waals surface area (Å²) in [7, 11) is 1.87. The van der Waals surface area contributed by atoms with Crippen molar-refractivity contribution in [2.24, 2.45) is 0 Å². The first kappa shape index (κ1) is 15.3. The second kappa shape index (κ2) is 6.29. The molecule has 1 amide bonds. The number of aromatic amines is 1. The molecular formula is C20H22N2O. The second-order valence-corrected chi connectivity index (χ2v) is 6.28. The van der Waals surface area contributed by atoms with Crippen molar-refractivity contribution in [1.82, 2.24) is 9.88 Å². The highest BCUT2D eigenvalue weighted by molar-refractivity contribution is 5.89. The number of H-pyrrole nitrogens is 1. The number of aromatic nitrogens is 1. The smallest absolute Gasteiger partial charge is 0.227 e. The Morgan fingerprint density at radius 2 is 1.87 bits per heavy atom. The maximum absolute atomic E-state index is 12.5. The third-order valence-corrected chi connectivity index (χ3v) is 4.19. The average molecular weight is 306 g/mol. The Bertz CT molecular complexity index is 848. The maximum atomic E-state index is 12.5. The number of benzene rings is 2. The number of aryl methyl sites for hydroxylation is 2. The topological polar surface area (TPSA) is 36.1 Å². The summed E-state index contributed by atoms with van der Waals surface area (Å²) in [5.74, 6) is 0.133. The third-order valence-electron chi connectivity index (χ3n) is 4.19. The van der Waals surface area contributed by atoms with Gasteiger partial charge in [0, 0.05) is 30.7 Å². The standard InChI is InChI=1S/C20H22N2O/c1-14-5-4-6-16(9-14)13-22(3)20(23)11-17-12-21-19-8-7-15(2)10-18(17)19/h4-10,12,21H,11,13H2,1-3H3. The molecular weight excluding hydrogens is 284 g/mol. The minimum Gasteiger partial charge on any atom is -0.361 e. The summed E-state index contributed by atoms with van der Waals surface area (Å²) in [4.78, 5) is 17.6. The molecule has 3 rings (SSSR count). The second-order valence-electron chi connectivity index (χ2n) is 6.28. The van der Waals surface area contributed by atoms with Gasteiger partial charge in [0.05, 0.1) is 6.42 Å². The van der Waals surface area contributed by atoms with Crippen LogP contribution in [0.1, 0.15) is 22.3 Å². The van der Waals surface area contributed by atoms with Gasteiger partial charge < -0.3 is 9.88 Å². The molecule has 0 atom stereocenters. The molecule has 0 unspecified atom stereocenters. The summed E-state index contributed by atoms with van der Waals surface area (Å²) in [6.45, 7) is 4.78. The lowest BCUT2D eigenvalue weighted by Crippen LogP contribution is -2.27. The fourth-order valence-corrected chi connectivity index (χ4v) is 2.91. The maximum Gasteiger partial charge on any atom is 0.227 e. The van der Waals surface area contributed by atoms with Gasteiger partial charge in [0.2, 0.25) is 5.91 Å².